The Balaban J connectivity index is 1.89. The van der Waals surface area contributed by atoms with Gasteiger partial charge in [-0.15, -0.1) is 0 Å². The van der Waals surface area contributed by atoms with Gasteiger partial charge in [0.2, 0.25) is 29.5 Å². The van der Waals surface area contributed by atoms with E-state index in [9.17, 15) is 33.9 Å². The molecule has 0 bridgehead atoms. The van der Waals surface area contributed by atoms with Crippen molar-refractivity contribution in [1.29, 1.82) is 0 Å². The van der Waals surface area contributed by atoms with Crippen molar-refractivity contribution in [2.45, 2.75) is 195 Å². The number of aliphatic hydroxyl groups is 1. The van der Waals surface area contributed by atoms with E-state index >= 15 is 14.4 Å². The van der Waals surface area contributed by atoms with Gasteiger partial charge in [0.25, 0.3) is 0 Å². The minimum atomic E-state index is -1.69. The normalized spacial score (nSPS) is 26.1. The van der Waals surface area contributed by atoms with Crippen LogP contribution in [0.1, 0.15) is 133 Å². The molecule has 0 aromatic heterocycles. The number of benzene rings is 2. The summed E-state index contributed by atoms with van der Waals surface area (Å²) >= 11 is 0. The molecular formula is C60H91N7O13. The third-order valence-electron chi connectivity index (χ3n) is 15.8. The summed E-state index contributed by atoms with van der Waals surface area (Å²) in [6.07, 6.45) is -3.01. The van der Waals surface area contributed by atoms with Gasteiger partial charge >= 0.3 is 12.1 Å². The standard InChI is InChI=1S/C60H91N7O13/c1-16-37(8)50-47(68)32-48(69)62-49(36(6)7)52(70)38(9)54(72)61-43(29-34(2)3)57(75)67-28-20-23-44(67)53(71)60(11,12)66(14)46(31-40-24-26-42(78-15)27-25-40)58(76)80-39(10)51(56(74)63-50)64-55(73)45(30-35(4)5)65(13)59(77)79-33-41-21-18-17-19-22-41/h17-19,21-22,24-27,34-39,43-47,49-51,68H,16,20,23,28-33H2,1-15H3,(H,61,72)(H,62,69)(H,63,74)(H,64,73)/t37-,38-,39+,43-,44?,45+,46-,47?,49-,50+,51?/m0/s1. The molecule has 2 saturated heterocycles. The molecule has 2 aromatic carbocycles. The zero-order chi connectivity index (χ0) is 59.9. The average Bonchev–Trinajstić information content (AvgIpc) is 3.91. The predicted octanol–water partition coefficient (Wildman–Crippen LogP) is 5.15. The Bertz CT molecular complexity index is 2450. The molecule has 3 unspecified atom stereocenters. The number of carbonyl (C=O) groups excluding carboxylic acids is 9. The maximum absolute atomic E-state index is 15.2. The van der Waals surface area contributed by atoms with Gasteiger partial charge in [0, 0.05) is 13.6 Å². The molecule has 80 heavy (non-hydrogen) atoms. The smallest absolute Gasteiger partial charge is 0.410 e. The van der Waals surface area contributed by atoms with Gasteiger partial charge < -0.3 is 45.5 Å². The molecular weight excluding hydrogens is 1030 g/mol. The van der Waals surface area contributed by atoms with E-state index in [1.165, 1.54) is 32.9 Å². The summed E-state index contributed by atoms with van der Waals surface area (Å²) in [4.78, 5) is 135. The fourth-order valence-corrected chi connectivity index (χ4v) is 10.3. The van der Waals surface area contributed by atoms with Crippen LogP contribution < -0.4 is 26.0 Å². The number of amides is 6. The number of esters is 1. The molecule has 20 nitrogen and oxygen atoms in total. The van der Waals surface area contributed by atoms with Crippen molar-refractivity contribution in [2.75, 3.05) is 27.7 Å². The monoisotopic (exact) mass is 1120 g/mol. The van der Waals surface area contributed by atoms with Gasteiger partial charge in [-0.3, -0.25) is 48.2 Å². The quantitative estimate of drug-likeness (QED) is 0.114. The molecule has 0 spiro atoms. The zero-order valence-corrected chi connectivity index (χ0v) is 49.8. The number of cyclic esters (lactones) is 1. The van der Waals surface area contributed by atoms with Crippen LogP contribution in [0.2, 0.25) is 0 Å². The van der Waals surface area contributed by atoms with Gasteiger partial charge in [0.15, 0.2) is 11.6 Å². The lowest BCUT2D eigenvalue weighted by molar-refractivity contribution is -0.161. The Labute approximate surface area is 473 Å². The van der Waals surface area contributed by atoms with Gasteiger partial charge in [-0.1, -0.05) is 104 Å². The molecule has 11 atom stereocenters. The molecule has 2 aromatic rings. The largest absolute Gasteiger partial charge is 0.497 e. The van der Waals surface area contributed by atoms with Gasteiger partial charge in [-0.2, -0.15) is 0 Å². The number of hydrogen-bond donors (Lipinski definition) is 5. The number of methoxy groups -OCH3 is 1. The molecule has 2 heterocycles. The number of nitrogens with one attached hydrogen (secondary N) is 4. The SMILES string of the molecule is CC[C@H](C)[C@H]1NC(=O)C(NC(=O)[C@@H](CC(C)C)N(C)C(=O)OCc2ccccc2)[C@@H](C)OC(=O)[C@H](Cc2ccc(OC)cc2)N(C)C(C)(C)C(=O)C2CCCN2C(=O)[C@H](CC(C)C)NC(=O)[C@@H](C)C(=O)[C@H](C(C)C)NC(=O)CC1O. The predicted molar refractivity (Wildman–Crippen MR) is 302 cm³/mol. The van der Waals surface area contributed by atoms with Crippen LogP contribution in [0.4, 0.5) is 4.79 Å². The van der Waals surface area contributed by atoms with E-state index in [1.807, 2.05) is 40.7 Å². The number of hydrogen-bond acceptors (Lipinski definition) is 14. The lowest BCUT2D eigenvalue weighted by Crippen LogP contribution is -2.63. The summed E-state index contributed by atoms with van der Waals surface area (Å²) in [5.41, 5.74) is -0.117. The second kappa shape index (κ2) is 29.9. The zero-order valence-electron chi connectivity index (χ0n) is 49.8. The number of rotatable bonds is 15. The third kappa shape index (κ3) is 17.5. The van der Waals surface area contributed by atoms with Crippen LogP contribution in [0, 0.1) is 29.6 Å². The minimum Gasteiger partial charge on any atom is -0.497 e. The number of Topliss-reactive ketones (excluding diaryl/α,β-unsaturated/α-hetero) is 2. The molecule has 20 heteroatoms. The summed E-state index contributed by atoms with van der Waals surface area (Å²) in [7, 11) is 4.52. The van der Waals surface area contributed by atoms with Crippen LogP contribution in [0.25, 0.3) is 0 Å². The molecule has 0 aliphatic carbocycles. The summed E-state index contributed by atoms with van der Waals surface area (Å²) in [6, 6.07) is 7.36. The first kappa shape index (κ1) is 66.1. The molecule has 444 valence electrons. The van der Waals surface area contributed by atoms with E-state index in [4.69, 9.17) is 14.2 Å². The first-order chi connectivity index (χ1) is 37.5. The van der Waals surface area contributed by atoms with E-state index < -0.39 is 137 Å². The van der Waals surface area contributed by atoms with Crippen molar-refractivity contribution in [1.82, 2.24) is 36.0 Å². The number of fused-ring (bicyclic) bond motifs is 1. The van der Waals surface area contributed by atoms with Crippen LogP contribution in [-0.2, 0) is 60.9 Å². The first-order valence-electron chi connectivity index (χ1n) is 28.3. The van der Waals surface area contributed by atoms with Crippen LogP contribution in [0.5, 0.6) is 5.75 Å². The first-order valence-corrected chi connectivity index (χ1v) is 28.3. The second-order valence-corrected chi connectivity index (χ2v) is 23.5. The van der Waals surface area contributed by atoms with Crippen LogP contribution in [-0.4, -0.2) is 161 Å². The Kier molecular flexibility index (Phi) is 24.7. The molecule has 2 fully saturated rings. The van der Waals surface area contributed by atoms with Crippen molar-refractivity contribution >= 4 is 53.2 Å². The lowest BCUT2D eigenvalue weighted by Gasteiger charge is -2.42. The van der Waals surface area contributed by atoms with Crippen LogP contribution in [0.3, 0.4) is 0 Å². The van der Waals surface area contributed by atoms with E-state index in [2.05, 4.69) is 21.3 Å². The Hall–Kier alpha value is -6.41. The average molecular weight is 1120 g/mol. The molecule has 0 radical (unpaired) electrons. The second-order valence-electron chi connectivity index (χ2n) is 23.5. The highest BCUT2D eigenvalue weighted by molar-refractivity contribution is 6.06. The number of nitrogens with zero attached hydrogens (tertiary/aromatic N) is 3. The van der Waals surface area contributed by atoms with E-state index in [0.717, 1.165) is 4.90 Å². The topological polar surface area (TPSA) is 259 Å². The molecule has 0 saturated carbocycles. The minimum absolute atomic E-state index is 0.0208. The molecule has 2 aliphatic rings. The van der Waals surface area contributed by atoms with Crippen molar-refractivity contribution in [3.8, 4) is 5.75 Å². The van der Waals surface area contributed by atoms with E-state index in [1.54, 1.807) is 95.1 Å². The van der Waals surface area contributed by atoms with Crippen molar-refractivity contribution < 1.29 is 62.5 Å². The highest BCUT2D eigenvalue weighted by Crippen LogP contribution is 2.30. The fraction of sp³-hybridized carbons (Fsp3) is 0.650. The lowest BCUT2D eigenvalue weighted by atomic mass is 9.87. The van der Waals surface area contributed by atoms with Crippen LogP contribution >= 0.6 is 0 Å². The maximum Gasteiger partial charge on any atom is 0.410 e. The highest BCUT2D eigenvalue weighted by atomic mass is 16.6. The Morgan fingerprint density at radius 2 is 1.51 bits per heavy atom. The van der Waals surface area contributed by atoms with Gasteiger partial charge in [-0.05, 0) is 114 Å². The van der Waals surface area contributed by atoms with Gasteiger partial charge in [0.1, 0.15) is 42.6 Å². The summed E-state index contributed by atoms with van der Waals surface area (Å²) < 4.78 is 17.3. The molecule has 4 rings (SSSR count). The fourth-order valence-electron chi connectivity index (χ4n) is 10.3. The summed E-state index contributed by atoms with van der Waals surface area (Å²) in [6.45, 7) is 20.7. The third-order valence-corrected chi connectivity index (χ3v) is 15.8. The maximum atomic E-state index is 15.2. The number of ether oxygens (including phenoxy) is 3. The van der Waals surface area contributed by atoms with Crippen LogP contribution in [0.15, 0.2) is 54.6 Å². The van der Waals surface area contributed by atoms with Crippen molar-refractivity contribution in [3.05, 3.63) is 65.7 Å². The number of ketones is 2. The Morgan fingerprint density at radius 3 is 2.09 bits per heavy atom. The molecule has 2 aliphatic heterocycles. The van der Waals surface area contributed by atoms with E-state index in [0.29, 0.717) is 36.1 Å². The number of aliphatic hydroxyl groups excluding tert-OH is 1. The van der Waals surface area contributed by atoms with E-state index in [-0.39, 0.29) is 44.2 Å². The Morgan fingerprint density at radius 1 is 0.875 bits per heavy atom. The summed E-state index contributed by atoms with van der Waals surface area (Å²) in [5, 5.41) is 23.0. The number of carbonyl (C=O) groups is 9. The van der Waals surface area contributed by atoms with Crippen molar-refractivity contribution in [2.24, 2.45) is 29.6 Å². The molecule has 6 amide bonds. The molecule has 5 N–H and O–H groups in total. The van der Waals surface area contributed by atoms with Crippen molar-refractivity contribution in [3.63, 3.8) is 0 Å². The van der Waals surface area contributed by atoms with Gasteiger partial charge in [0.05, 0.1) is 49.2 Å². The highest BCUT2D eigenvalue weighted by Gasteiger charge is 2.48. The van der Waals surface area contributed by atoms with Gasteiger partial charge in [-0.25, -0.2) is 4.79 Å². The number of likely N-dealkylation sites (N-methyl/N-ethyl adjacent to an activating group) is 2. The summed E-state index contributed by atoms with van der Waals surface area (Å²) in [5.74, 6) is -7.66.